The minimum absolute atomic E-state index is 0. The van der Waals surface area contributed by atoms with Crippen molar-refractivity contribution in [3.63, 3.8) is 0 Å². The van der Waals surface area contributed by atoms with Gasteiger partial charge in [0.05, 0.1) is 11.6 Å². The van der Waals surface area contributed by atoms with E-state index in [0.717, 1.165) is 24.4 Å². The Labute approximate surface area is 163 Å². The zero-order chi connectivity index (χ0) is 15.8. The smallest absolute Gasteiger partial charge is 0.0991 e. The topological polar surface area (TPSA) is 65.1 Å². The number of nitrogens with zero attached hydrogens (tertiary/aromatic N) is 2. The number of fused-ring (bicyclic) bond motifs is 2. The first-order valence-corrected chi connectivity index (χ1v) is 9.03. The maximum absolute atomic E-state index is 8.96. The van der Waals surface area contributed by atoms with E-state index in [1.54, 1.807) is 0 Å². The molecule has 2 aliphatic carbocycles. The van der Waals surface area contributed by atoms with Crippen LogP contribution in [-0.2, 0) is 0 Å². The predicted octanol–water partition coefficient (Wildman–Crippen LogP) is 3.23. The van der Waals surface area contributed by atoms with Crippen LogP contribution in [0, 0.1) is 17.2 Å². The van der Waals surface area contributed by atoms with Gasteiger partial charge in [0.15, 0.2) is 0 Å². The first-order chi connectivity index (χ1) is 11.2. The standard InChI is InChI=1S/C19H26N4.2ClH/c20-11-13-5-7-15(8-6-13)23-12-14-9-18(19(23)10-14)22-17-4-2-1-3-16(17)21;;/h5-8,14,16-19,22H,1-4,9-10,12,21H2;2*1H/t14-,16-,17-,18+,19-;;/m1../s1. The monoisotopic (exact) mass is 382 g/mol. The number of halogens is 2. The summed E-state index contributed by atoms with van der Waals surface area (Å²) in [6, 6.07) is 12.2. The van der Waals surface area contributed by atoms with Crippen molar-refractivity contribution in [1.29, 1.82) is 5.26 Å². The van der Waals surface area contributed by atoms with Crippen molar-refractivity contribution in [3.8, 4) is 6.07 Å². The Morgan fingerprint density at radius 3 is 2.40 bits per heavy atom. The van der Waals surface area contributed by atoms with Crippen LogP contribution in [0.15, 0.2) is 24.3 Å². The van der Waals surface area contributed by atoms with E-state index in [0.29, 0.717) is 24.2 Å². The molecule has 25 heavy (non-hydrogen) atoms. The Morgan fingerprint density at radius 1 is 1.04 bits per heavy atom. The van der Waals surface area contributed by atoms with Crippen molar-refractivity contribution in [2.24, 2.45) is 11.7 Å². The van der Waals surface area contributed by atoms with E-state index >= 15 is 0 Å². The molecule has 3 fully saturated rings. The fourth-order valence-corrected chi connectivity index (χ4v) is 4.87. The van der Waals surface area contributed by atoms with E-state index in [1.807, 2.05) is 12.1 Å². The summed E-state index contributed by atoms with van der Waals surface area (Å²) >= 11 is 0. The van der Waals surface area contributed by atoms with Crippen LogP contribution in [-0.4, -0.2) is 30.7 Å². The van der Waals surface area contributed by atoms with Crippen LogP contribution < -0.4 is 16.0 Å². The molecule has 2 saturated carbocycles. The number of hydrogen-bond acceptors (Lipinski definition) is 4. The highest BCUT2D eigenvalue weighted by molar-refractivity contribution is 5.85. The first kappa shape index (κ1) is 20.3. The lowest BCUT2D eigenvalue weighted by molar-refractivity contribution is 0.279. The summed E-state index contributed by atoms with van der Waals surface area (Å²) in [6.07, 6.45) is 7.57. The highest BCUT2D eigenvalue weighted by Gasteiger charge is 2.45. The Hall–Kier alpha value is -0.990. The number of nitrogens with one attached hydrogen (secondary N) is 1. The van der Waals surface area contributed by atoms with Crippen LogP contribution in [0.1, 0.15) is 44.1 Å². The number of benzene rings is 1. The number of anilines is 1. The summed E-state index contributed by atoms with van der Waals surface area (Å²) in [5.41, 5.74) is 8.32. The molecule has 0 radical (unpaired) electrons. The molecule has 4 rings (SSSR count). The van der Waals surface area contributed by atoms with Crippen LogP contribution in [0.5, 0.6) is 0 Å². The normalized spacial score (nSPS) is 33.3. The van der Waals surface area contributed by atoms with Crippen LogP contribution in [0.25, 0.3) is 0 Å². The van der Waals surface area contributed by atoms with Crippen molar-refractivity contribution >= 4 is 30.5 Å². The van der Waals surface area contributed by atoms with Crippen LogP contribution in [0.3, 0.4) is 0 Å². The average molecular weight is 383 g/mol. The lowest BCUT2D eigenvalue weighted by atomic mass is 9.89. The molecule has 0 spiro atoms. The summed E-state index contributed by atoms with van der Waals surface area (Å²) in [5, 5.41) is 12.9. The van der Waals surface area contributed by atoms with Crippen molar-refractivity contribution < 1.29 is 0 Å². The molecule has 3 N–H and O–H groups in total. The second-order valence-corrected chi connectivity index (χ2v) is 7.54. The van der Waals surface area contributed by atoms with Crippen molar-refractivity contribution in [3.05, 3.63) is 29.8 Å². The summed E-state index contributed by atoms with van der Waals surface area (Å²) in [6.45, 7) is 1.16. The minimum Gasteiger partial charge on any atom is -0.367 e. The summed E-state index contributed by atoms with van der Waals surface area (Å²) in [5.74, 6) is 0.799. The van der Waals surface area contributed by atoms with Gasteiger partial charge in [0.1, 0.15) is 0 Å². The molecule has 6 heteroatoms. The SMILES string of the molecule is Cl.Cl.N#Cc1ccc(N2C[C@@H]3C[C@H](N[C@@H]4CCCC[C@H]4N)[C@H]2C3)cc1. The molecule has 1 heterocycles. The predicted molar refractivity (Wildman–Crippen MR) is 107 cm³/mol. The molecule has 138 valence electrons. The van der Waals surface area contributed by atoms with E-state index in [1.165, 1.54) is 37.8 Å². The molecule has 1 saturated heterocycles. The zero-order valence-electron chi connectivity index (χ0n) is 14.4. The third-order valence-corrected chi connectivity index (χ3v) is 6.06. The molecule has 0 unspecified atom stereocenters. The number of rotatable bonds is 3. The molecule has 0 amide bonds. The molecule has 5 atom stereocenters. The number of nitriles is 1. The van der Waals surface area contributed by atoms with Gasteiger partial charge in [-0.25, -0.2) is 0 Å². The second-order valence-electron chi connectivity index (χ2n) is 7.54. The van der Waals surface area contributed by atoms with E-state index in [4.69, 9.17) is 11.0 Å². The molecule has 4 nitrogen and oxygen atoms in total. The third-order valence-electron chi connectivity index (χ3n) is 6.06. The van der Waals surface area contributed by atoms with Gasteiger partial charge in [-0.2, -0.15) is 5.26 Å². The van der Waals surface area contributed by atoms with E-state index in [2.05, 4.69) is 28.4 Å². The van der Waals surface area contributed by atoms with Gasteiger partial charge in [0.25, 0.3) is 0 Å². The number of piperidine rings is 1. The summed E-state index contributed by atoms with van der Waals surface area (Å²) in [4.78, 5) is 2.54. The Bertz CT molecular complexity index is 600. The molecule has 2 bridgehead atoms. The molecule has 1 aromatic rings. The maximum Gasteiger partial charge on any atom is 0.0991 e. The van der Waals surface area contributed by atoms with Gasteiger partial charge in [-0.1, -0.05) is 12.8 Å². The van der Waals surface area contributed by atoms with Gasteiger partial charge < -0.3 is 16.0 Å². The van der Waals surface area contributed by atoms with Gasteiger partial charge in [0, 0.05) is 36.4 Å². The molecule has 1 aliphatic heterocycles. The minimum atomic E-state index is 0. The highest BCUT2D eigenvalue weighted by Crippen LogP contribution is 2.41. The third kappa shape index (κ3) is 4.06. The van der Waals surface area contributed by atoms with Gasteiger partial charge in [0.2, 0.25) is 0 Å². The maximum atomic E-state index is 8.96. The van der Waals surface area contributed by atoms with Crippen LogP contribution in [0.4, 0.5) is 5.69 Å². The van der Waals surface area contributed by atoms with Gasteiger partial charge >= 0.3 is 0 Å². The number of hydrogen-bond donors (Lipinski definition) is 2. The molecule has 3 aliphatic rings. The fraction of sp³-hybridized carbons (Fsp3) is 0.632. The Morgan fingerprint density at radius 2 is 1.76 bits per heavy atom. The van der Waals surface area contributed by atoms with E-state index in [9.17, 15) is 0 Å². The van der Waals surface area contributed by atoms with Crippen molar-refractivity contribution in [2.45, 2.75) is 62.7 Å². The van der Waals surface area contributed by atoms with Gasteiger partial charge in [-0.15, -0.1) is 24.8 Å². The lowest BCUT2D eigenvalue weighted by Gasteiger charge is -2.39. The van der Waals surface area contributed by atoms with Crippen molar-refractivity contribution in [2.75, 3.05) is 11.4 Å². The fourth-order valence-electron chi connectivity index (χ4n) is 4.87. The Kier molecular flexibility index (Phi) is 6.99. The molecule has 1 aromatic carbocycles. The highest BCUT2D eigenvalue weighted by atomic mass is 35.5. The molecule has 0 aromatic heterocycles. The van der Waals surface area contributed by atoms with Gasteiger partial charge in [-0.05, 0) is 55.9 Å². The Balaban J connectivity index is 0.00000113. The lowest BCUT2D eigenvalue weighted by Crippen LogP contribution is -2.56. The van der Waals surface area contributed by atoms with Crippen LogP contribution >= 0.6 is 24.8 Å². The number of nitrogens with two attached hydrogens (primary N) is 1. The quantitative estimate of drug-likeness (QED) is 0.841. The zero-order valence-corrected chi connectivity index (χ0v) is 16.1. The van der Waals surface area contributed by atoms with E-state index < -0.39 is 0 Å². The molecular formula is C19H28Cl2N4. The van der Waals surface area contributed by atoms with E-state index in [-0.39, 0.29) is 24.8 Å². The second kappa shape index (κ2) is 8.60. The van der Waals surface area contributed by atoms with Crippen molar-refractivity contribution in [1.82, 2.24) is 5.32 Å². The average Bonchev–Trinajstić information content (AvgIpc) is 3.17. The largest absolute Gasteiger partial charge is 0.367 e. The first-order valence-electron chi connectivity index (χ1n) is 9.03. The summed E-state index contributed by atoms with van der Waals surface area (Å²) in [7, 11) is 0. The van der Waals surface area contributed by atoms with Gasteiger partial charge in [-0.3, -0.25) is 0 Å². The molecular weight excluding hydrogens is 355 g/mol. The van der Waals surface area contributed by atoms with Crippen LogP contribution in [0.2, 0.25) is 0 Å². The summed E-state index contributed by atoms with van der Waals surface area (Å²) < 4.78 is 0.